The van der Waals surface area contributed by atoms with E-state index >= 15 is 0 Å². The van der Waals surface area contributed by atoms with E-state index in [-0.39, 0.29) is 0 Å². The number of unbranched alkanes of at least 4 members (excludes halogenated alkanes) is 12. The standard InChI is InChI=1S/C28H47N2/c1-3-5-7-9-10-11-12-14-19-23-29-24-25-30(26-27-20-16-15-17-21-27)28(29)22-18-13-8-6-4-2/h15-17,20-21,24-25H,3-14,18-19,22-23,26H2,1-2H3/q+1. The molecule has 0 aliphatic heterocycles. The summed E-state index contributed by atoms with van der Waals surface area (Å²) in [7, 11) is 0. The Bertz CT molecular complexity index is 644. The van der Waals surface area contributed by atoms with Gasteiger partial charge in [-0.15, -0.1) is 0 Å². The lowest BCUT2D eigenvalue weighted by Crippen LogP contribution is -2.37. The van der Waals surface area contributed by atoms with Crippen LogP contribution in [0.15, 0.2) is 42.7 Å². The molecule has 0 saturated heterocycles. The van der Waals surface area contributed by atoms with Crippen LogP contribution in [0.3, 0.4) is 0 Å². The smallest absolute Gasteiger partial charge is 0.234 e. The number of hydrogen-bond acceptors (Lipinski definition) is 0. The molecule has 1 aromatic heterocycles. The molecule has 0 atom stereocenters. The van der Waals surface area contributed by atoms with E-state index in [1.54, 1.807) is 0 Å². The Labute approximate surface area is 186 Å². The normalized spacial score (nSPS) is 11.3. The van der Waals surface area contributed by atoms with Gasteiger partial charge in [-0.1, -0.05) is 115 Å². The van der Waals surface area contributed by atoms with Gasteiger partial charge in [0.25, 0.3) is 5.82 Å². The van der Waals surface area contributed by atoms with Crippen LogP contribution in [0.5, 0.6) is 0 Å². The summed E-state index contributed by atoms with van der Waals surface area (Å²) in [5.74, 6) is 1.52. The molecule has 2 aromatic rings. The Morgan fingerprint density at radius 1 is 0.667 bits per heavy atom. The third-order valence-electron chi connectivity index (χ3n) is 6.29. The minimum atomic E-state index is 0.996. The number of nitrogens with zero attached hydrogens (tertiary/aromatic N) is 2. The van der Waals surface area contributed by atoms with Crippen molar-refractivity contribution in [2.75, 3.05) is 0 Å². The van der Waals surface area contributed by atoms with Crippen molar-refractivity contribution >= 4 is 0 Å². The zero-order chi connectivity index (χ0) is 21.3. The fourth-order valence-electron chi connectivity index (χ4n) is 4.39. The van der Waals surface area contributed by atoms with Gasteiger partial charge in [0, 0.05) is 6.42 Å². The molecule has 0 unspecified atom stereocenters. The van der Waals surface area contributed by atoms with Gasteiger partial charge in [-0.25, -0.2) is 9.13 Å². The average Bonchev–Trinajstić information content (AvgIpc) is 3.14. The molecule has 168 valence electrons. The monoisotopic (exact) mass is 411 g/mol. The summed E-state index contributed by atoms with van der Waals surface area (Å²) in [5.41, 5.74) is 1.40. The molecule has 0 spiro atoms. The van der Waals surface area contributed by atoms with Crippen LogP contribution in [-0.4, -0.2) is 4.57 Å². The number of benzene rings is 1. The molecule has 30 heavy (non-hydrogen) atoms. The van der Waals surface area contributed by atoms with Gasteiger partial charge in [0.1, 0.15) is 18.9 Å². The van der Waals surface area contributed by atoms with Crippen LogP contribution < -0.4 is 4.57 Å². The van der Waals surface area contributed by atoms with Gasteiger partial charge in [-0.3, -0.25) is 0 Å². The molecule has 2 nitrogen and oxygen atoms in total. The Balaban J connectivity index is 1.80. The van der Waals surface area contributed by atoms with Crippen LogP contribution in [0.4, 0.5) is 0 Å². The maximum atomic E-state index is 2.55. The van der Waals surface area contributed by atoms with Crippen molar-refractivity contribution in [3.63, 3.8) is 0 Å². The molecule has 0 N–H and O–H groups in total. The number of hydrogen-bond donors (Lipinski definition) is 0. The van der Waals surface area contributed by atoms with Gasteiger partial charge >= 0.3 is 0 Å². The zero-order valence-electron chi connectivity index (χ0n) is 20.0. The van der Waals surface area contributed by atoms with Crippen molar-refractivity contribution in [1.29, 1.82) is 0 Å². The fourth-order valence-corrected chi connectivity index (χ4v) is 4.39. The van der Waals surface area contributed by atoms with Gasteiger partial charge in [0.15, 0.2) is 0 Å². The third-order valence-corrected chi connectivity index (χ3v) is 6.29. The van der Waals surface area contributed by atoms with Gasteiger partial charge in [-0.2, -0.15) is 0 Å². The van der Waals surface area contributed by atoms with Crippen molar-refractivity contribution in [2.45, 2.75) is 123 Å². The molecule has 0 saturated carbocycles. The minimum absolute atomic E-state index is 0.996. The summed E-state index contributed by atoms with van der Waals surface area (Å²) in [6.07, 6.45) is 25.2. The average molecular weight is 412 g/mol. The van der Waals surface area contributed by atoms with E-state index in [1.807, 2.05) is 0 Å². The van der Waals surface area contributed by atoms with Crippen molar-refractivity contribution in [2.24, 2.45) is 0 Å². The van der Waals surface area contributed by atoms with Crippen molar-refractivity contribution < 1.29 is 4.57 Å². The molecule has 2 rings (SSSR count). The first-order chi connectivity index (χ1) is 14.8. The second kappa shape index (κ2) is 16.2. The summed E-state index contributed by atoms with van der Waals surface area (Å²) < 4.78 is 5.03. The highest BCUT2D eigenvalue weighted by Crippen LogP contribution is 2.12. The van der Waals surface area contributed by atoms with E-state index in [1.165, 1.54) is 114 Å². The van der Waals surface area contributed by atoms with E-state index in [2.05, 4.69) is 65.7 Å². The predicted molar refractivity (Wildman–Crippen MR) is 130 cm³/mol. The SMILES string of the molecule is CCCCCCCCCCC[n+]1ccn(Cc2ccccc2)c1CCCCCCC. The first-order valence-electron chi connectivity index (χ1n) is 13.0. The van der Waals surface area contributed by atoms with Crippen LogP contribution >= 0.6 is 0 Å². The molecule has 2 heteroatoms. The lowest BCUT2D eigenvalue weighted by Gasteiger charge is -2.07. The predicted octanol–water partition coefficient (Wildman–Crippen LogP) is 7.87. The van der Waals surface area contributed by atoms with Crippen LogP contribution in [0.1, 0.15) is 115 Å². The molecular weight excluding hydrogens is 364 g/mol. The summed E-state index contributed by atoms with van der Waals surface area (Å²) in [5, 5.41) is 0. The highest BCUT2D eigenvalue weighted by molar-refractivity contribution is 5.15. The topological polar surface area (TPSA) is 8.81 Å². The van der Waals surface area contributed by atoms with Gasteiger partial charge in [0.2, 0.25) is 0 Å². The van der Waals surface area contributed by atoms with Crippen molar-refractivity contribution in [3.8, 4) is 0 Å². The number of aromatic nitrogens is 2. The molecule has 1 heterocycles. The first-order valence-corrected chi connectivity index (χ1v) is 13.0. The molecule has 0 bridgehead atoms. The summed E-state index contributed by atoms with van der Waals surface area (Å²) in [6, 6.07) is 10.9. The second-order valence-corrected chi connectivity index (χ2v) is 9.01. The summed E-state index contributed by atoms with van der Waals surface area (Å²) in [4.78, 5) is 0. The summed E-state index contributed by atoms with van der Waals surface area (Å²) in [6.45, 7) is 6.77. The largest absolute Gasteiger partial charge is 0.256 e. The molecule has 0 radical (unpaired) electrons. The molecule has 0 fully saturated rings. The van der Waals surface area contributed by atoms with Gasteiger partial charge in [0.05, 0.1) is 6.54 Å². The van der Waals surface area contributed by atoms with E-state index in [9.17, 15) is 0 Å². The highest BCUT2D eigenvalue weighted by Gasteiger charge is 2.16. The number of rotatable bonds is 18. The van der Waals surface area contributed by atoms with Crippen LogP contribution in [0.25, 0.3) is 0 Å². The number of imidazole rings is 1. The van der Waals surface area contributed by atoms with Gasteiger partial charge in [-0.05, 0) is 24.8 Å². The minimum Gasteiger partial charge on any atom is -0.234 e. The molecule has 0 amide bonds. The Morgan fingerprint density at radius 2 is 1.23 bits per heavy atom. The lowest BCUT2D eigenvalue weighted by molar-refractivity contribution is -0.704. The molecule has 0 aliphatic carbocycles. The van der Waals surface area contributed by atoms with Crippen LogP contribution in [0.2, 0.25) is 0 Å². The molecule has 1 aromatic carbocycles. The molecular formula is C28H47N2+. The first kappa shape index (κ1) is 24.7. The van der Waals surface area contributed by atoms with Crippen LogP contribution in [0, 0.1) is 0 Å². The highest BCUT2D eigenvalue weighted by atomic mass is 15.1. The van der Waals surface area contributed by atoms with E-state index in [4.69, 9.17) is 0 Å². The maximum absolute atomic E-state index is 2.55. The third kappa shape index (κ3) is 9.96. The quantitative estimate of drug-likeness (QED) is 0.174. The Morgan fingerprint density at radius 3 is 1.87 bits per heavy atom. The number of aryl methyl sites for hydroxylation is 1. The Hall–Kier alpha value is -1.57. The summed E-state index contributed by atoms with van der Waals surface area (Å²) >= 11 is 0. The van der Waals surface area contributed by atoms with E-state index in [0.29, 0.717) is 0 Å². The maximum Gasteiger partial charge on any atom is 0.256 e. The van der Waals surface area contributed by atoms with Crippen LogP contribution in [-0.2, 0) is 19.5 Å². The van der Waals surface area contributed by atoms with E-state index < -0.39 is 0 Å². The lowest BCUT2D eigenvalue weighted by atomic mass is 10.1. The zero-order valence-corrected chi connectivity index (χ0v) is 20.0. The Kier molecular flexibility index (Phi) is 13.3. The fraction of sp³-hybridized carbons (Fsp3) is 0.679. The van der Waals surface area contributed by atoms with E-state index in [0.717, 1.165) is 6.54 Å². The van der Waals surface area contributed by atoms with Crippen molar-refractivity contribution in [3.05, 3.63) is 54.1 Å². The van der Waals surface area contributed by atoms with Crippen molar-refractivity contribution in [1.82, 2.24) is 4.57 Å². The second-order valence-electron chi connectivity index (χ2n) is 9.01. The van der Waals surface area contributed by atoms with Gasteiger partial charge < -0.3 is 0 Å². The molecule has 0 aliphatic rings.